The van der Waals surface area contributed by atoms with Gasteiger partial charge in [0.2, 0.25) is 5.91 Å². The van der Waals surface area contributed by atoms with Crippen LogP contribution in [0, 0.1) is 0 Å². The standard InChI is InChI=1S/C17H20N2OS/c1-12(9-14-6-8-21-11-14)18-16-3-4-17-15(10-16)5-7-19(17)13(2)20/h3-4,6,8,10-12,18H,5,7,9H2,1-2H3. The summed E-state index contributed by atoms with van der Waals surface area (Å²) in [5, 5.41) is 7.87. The molecule has 1 unspecified atom stereocenters. The lowest BCUT2D eigenvalue weighted by Gasteiger charge is -2.17. The van der Waals surface area contributed by atoms with Gasteiger partial charge in [0, 0.05) is 30.9 Å². The summed E-state index contributed by atoms with van der Waals surface area (Å²) < 4.78 is 0. The van der Waals surface area contributed by atoms with E-state index < -0.39 is 0 Å². The van der Waals surface area contributed by atoms with Crippen LogP contribution in [0.25, 0.3) is 0 Å². The van der Waals surface area contributed by atoms with Crippen LogP contribution in [0.3, 0.4) is 0 Å². The monoisotopic (exact) mass is 300 g/mol. The van der Waals surface area contributed by atoms with E-state index in [2.05, 4.69) is 47.3 Å². The molecule has 0 saturated carbocycles. The number of anilines is 2. The minimum absolute atomic E-state index is 0.125. The maximum Gasteiger partial charge on any atom is 0.223 e. The Kier molecular flexibility index (Phi) is 3.97. The molecule has 110 valence electrons. The predicted octanol–water partition coefficient (Wildman–Crippen LogP) is 3.70. The highest BCUT2D eigenvalue weighted by Gasteiger charge is 2.22. The van der Waals surface area contributed by atoms with Crippen LogP contribution in [0.1, 0.15) is 25.0 Å². The van der Waals surface area contributed by atoms with Gasteiger partial charge >= 0.3 is 0 Å². The molecule has 1 aliphatic heterocycles. The van der Waals surface area contributed by atoms with E-state index >= 15 is 0 Å². The van der Waals surface area contributed by atoms with Gasteiger partial charge in [0.1, 0.15) is 0 Å². The number of carbonyl (C=O) groups is 1. The van der Waals surface area contributed by atoms with E-state index in [0.717, 1.165) is 30.8 Å². The molecular formula is C17H20N2OS. The van der Waals surface area contributed by atoms with E-state index in [1.807, 2.05) is 4.90 Å². The number of thiophene rings is 1. The van der Waals surface area contributed by atoms with Crippen LogP contribution in [0.2, 0.25) is 0 Å². The van der Waals surface area contributed by atoms with Gasteiger partial charge in [-0.15, -0.1) is 0 Å². The van der Waals surface area contributed by atoms with Crippen LogP contribution in [0.4, 0.5) is 11.4 Å². The molecule has 0 bridgehead atoms. The molecular weight excluding hydrogens is 280 g/mol. The molecule has 1 atom stereocenters. The van der Waals surface area contributed by atoms with E-state index in [0.29, 0.717) is 6.04 Å². The zero-order chi connectivity index (χ0) is 14.8. The summed E-state index contributed by atoms with van der Waals surface area (Å²) in [5.74, 6) is 0.125. The largest absolute Gasteiger partial charge is 0.382 e. The number of amides is 1. The second-order valence-corrected chi connectivity index (χ2v) is 6.43. The molecule has 3 nitrogen and oxygen atoms in total. The Morgan fingerprint density at radius 3 is 3.00 bits per heavy atom. The van der Waals surface area contributed by atoms with Crippen molar-refractivity contribution in [2.24, 2.45) is 0 Å². The Morgan fingerprint density at radius 2 is 2.29 bits per heavy atom. The highest BCUT2D eigenvalue weighted by molar-refractivity contribution is 7.07. The Hall–Kier alpha value is -1.81. The SMILES string of the molecule is CC(=O)N1CCc2cc(NC(C)Cc3ccsc3)ccc21. The van der Waals surface area contributed by atoms with Crippen LogP contribution < -0.4 is 10.2 Å². The molecule has 1 amide bonds. The Labute approximate surface area is 129 Å². The first-order valence-electron chi connectivity index (χ1n) is 7.32. The van der Waals surface area contributed by atoms with Gasteiger partial charge in [0.15, 0.2) is 0 Å². The Bertz CT molecular complexity index is 636. The van der Waals surface area contributed by atoms with Gasteiger partial charge in [-0.1, -0.05) is 0 Å². The van der Waals surface area contributed by atoms with E-state index in [1.165, 1.54) is 11.1 Å². The first-order valence-corrected chi connectivity index (χ1v) is 8.26. The first-order chi connectivity index (χ1) is 10.1. The maximum atomic E-state index is 11.6. The number of benzene rings is 1. The molecule has 1 aromatic heterocycles. The molecule has 0 fully saturated rings. The van der Waals surface area contributed by atoms with E-state index in [1.54, 1.807) is 18.3 Å². The molecule has 0 saturated heterocycles. The van der Waals surface area contributed by atoms with Crippen molar-refractivity contribution < 1.29 is 4.79 Å². The molecule has 1 aromatic carbocycles. The zero-order valence-electron chi connectivity index (χ0n) is 12.4. The van der Waals surface area contributed by atoms with Crippen molar-refractivity contribution in [2.75, 3.05) is 16.8 Å². The number of carbonyl (C=O) groups excluding carboxylic acids is 1. The van der Waals surface area contributed by atoms with Crippen molar-refractivity contribution in [2.45, 2.75) is 32.7 Å². The van der Waals surface area contributed by atoms with Crippen molar-refractivity contribution in [3.8, 4) is 0 Å². The summed E-state index contributed by atoms with van der Waals surface area (Å²) in [4.78, 5) is 13.4. The normalized spacial score (nSPS) is 14.9. The minimum Gasteiger partial charge on any atom is -0.382 e. The van der Waals surface area contributed by atoms with Crippen LogP contribution in [0.15, 0.2) is 35.0 Å². The van der Waals surface area contributed by atoms with Gasteiger partial charge in [-0.25, -0.2) is 0 Å². The topological polar surface area (TPSA) is 32.3 Å². The second-order valence-electron chi connectivity index (χ2n) is 5.65. The Balaban J connectivity index is 1.69. The molecule has 3 rings (SSSR count). The molecule has 0 spiro atoms. The lowest BCUT2D eigenvalue weighted by molar-refractivity contribution is -0.116. The average Bonchev–Trinajstić information content (AvgIpc) is 3.06. The number of fused-ring (bicyclic) bond motifs is 1. The highest BCUT2D eigenvalue weighted by Crippen LogP contribution is 2.30. The smallest absolute Gasteiger partial charge is 0.223 e. The third-order valence-corrected chi connectivity index (χ3v) is 4.62. The number of nitrogens with zero attached hydrogens (tertiary/aromatic N) is 1. The van der Waals surface area contributed by atoms with Crippen LogP contribution >= 0.6 is 11.3 Å². The maximum absolute atomic E-state index is 11.6. The van der Waals surface area contributed by atoms with Crippen LogP contribution in [0.5, 0.6) is 0 Å². The van der Waals surface area contributed by atoms with E-state index in [4.69, 9.17) is 0 Å². The quantitative estimate of drug-likeness (QED) is 0.933. The Morgan fingerprint density at radius 1 is 1.43 bits per heavy atom. The lowest BCUT2D eigenvalue weighted by Crippen LogP contribution is -2.25. The van der Waals surface area contributed by atoms with Crippen molar-refractivity contribution in [3.05, 3.63) is 46.2 Å². The van der Waals surface area contributed by atoms with Gasteiger partial charge in [-0.2, -0.15) is 11.3 Å². The van der Waals surface area contributed by atoms with Gasteiger partial charge in [0.05, 0.1) is 0 Å². The number of rotatable bonds is 4. The third kappa shape index (κ3) is 3.10. The van der Waals surface area contributed by atoms with Crippen molar-refractivity contribution in [3.63, 3.8) is 0 Å². The van der Waals surface area contributed by atoms with E-state index in [9.17, 15) is 4.79 Å². The average molecular weight is 300 g/mol. The fourth-order valence-corrected chi connectivity index (χ4v) is 3.60. The molecule has 21 heavy (non-hydrogen) atoms. The summed E-state index contributed by atoms with van der Waals surface area (Å²) in [6.07, 6.45) is 1.98. The highest BCUT2D eigenvalue weighted by atomic mass is 32.1. The fourth-order valence-electron chi connectivity index (χ4n) is 2.92. The van der Waals surface area contributed by atoms with Gasteiger partial charge < -0.3 is 10.2 Å². The summed E-state index contributed by atoms with van der Waals surface area (Å²) in [6, 6.07) is 8.88. The molecule has 1 aliphatic rings. The molecule has 0 radical (unpaired) electrons. The molecule has 2 heterocycles. The summed E-state index contributed by atoms with van der Waals surface area (Å²) in [6.45, 7) is 4.63. The first kappa shape index (κ1) is 14.1. The third-order valence-electron chi connectivity index (χ3n) is 3.89. The summed E-state index contributed by atoms with van der Waals surface area (Å²) >= 11 is 1.74. The zero-order valence-corrected chi connectivity index (χ0v) is 13.2. The fraction of sp³-hybridized carbons (Fsp3) is 0.353. The van der Waals surface area contributed by atoms with Gasteiger partial charge in [0.25, 0.3) is 0 Å². The van der Waals surface area contributed by atoms with Crippen LogP contribution in [-0.2, 0) is 17.6 Å². The van der Waals surface area contributed by atoms with Crippen molar-refractivity contribution >= 4 is 28.6 Å². The van der Waals surface area contributed by atoms with Crippen molar-refractivity contribution in [1.82, 2.24) is 0 Å². The van der Waals surface area contributed by atoms with Crippen molar-refractivity contribution in [1.29, 1.82) is 0 Å². The van der Waals surface area contributed by atoms with Gasteiger partial charge in [-0.05, 0) is 65.9 Å². The van der Waals surface area contributed by atoms with Gasteiger partial charge in [-0.3, -0.25) is 4.79 Å². The summed E-state index contributed by atoms with van der Waals surface area (Å²) in [7, 11) is 0. The lowest BCUT2D eigenvalue weighted by atomic mass is 10.1. The molecule has 2 aromatic rings. The molecule has 4 heteroatoms. The second kappa shape index (κ2) is 5.90. The van der Waals surface area contributed by atoms with E-state index in [-0.39, 0.29) is 5.91 Å². The number of nitrogens with one attached hydrogen (secondary N) is 1. The molecule has 1 N–H and O–H groups in total. The summed E-state index contributed by atoms with van der Waals surface area (Å²) in [5.41, 5.74) is 4.85. The predicted molar refractivity (Wildman–Crippen MR) is 89.3 cm³/mol. The molecule has 0 aliphatic carbocycles. The minimum atomic E-state index is 0.125. The number of hydrogen-bond acceptors (Lipinski definition) is 3. The number of hydrogen-bond donors (Lipinski definition) is 1. The van der Waals surface area contributed by atoms with Crippen LogP contribution in [-0.4, -0.2) is 18.5 Å².